The Balaban J connectivity index is 1.22. The molecule has 55 heavy (non-hydrogen) atoms. The molecule has 0 saturated carbocycles. The molecular formula is C49H32BN3OS. The zero-order valence-electron chi connectivity index (χ0n) is 30.0. The molecule has 4 aliphatic heterocycles. The first-order chi connectivity index (χ1) is 27.2. The van der Waals surface area contributed by atoms with Crippen molar-refractivity contribution in [3.8, 4) is 11.4 Å². The minimum atomic E-state index is -0.317. The maximum Gasteiger partial charge on any atom is 0.255 e. The van der Waals surface area contributed by atoms with Crippen LogP contribution in [0.25, 0.3) is 27.5 Å². The summed E-state index contributed by atoms with van der Waals surface area (Å²) in [5, 5.41) is 2.54. The summed E-state index contributed by atoms with van der Waals surface area (Å²) in [5.41, 5.74) is 16.0. The van der Waals surface area contributed by atoms with E-state index in [9.17, 15) is 0 Å². The van der Waals surface area contributed by atoms with E-state index in [4.69, 9.17) is 4.74 Å². The van der Waals surface area contributed by atoms with Gasteiger partial charge in [-0.05, 0) is 96.1 Å². The molecule has 1 aromatic heterocycles. The average molecular weight is 722 g/mol. The fourth-order valence-corrected chi connectivity index (χ4v) is 11.6. The minimum Gasteiger partial charge on any atom is -0.485 e. The first-order valence-electron chi connectivity index (χ1n) is 19.1. The summed E-state index contributed by atoms with van der Waals surface area (Å²) in [6, 6.07) is 53.5. The van der Waals surface area contributed by atoms with Crippen molar-refractivity contribution >= 4 is 90.8 Å². The van der Waals surface area contributed by atoms with Crippen LogP contribution in [0, 0.1) is 0 Å². The lowest BCUT2D eigenvalue weighted by Gasteiger charge is -2.48. The van der Waals surface area contributed by atoms with Gasteiger partial charge in [0.25, 0.3) is 6.71 Å². The highest BCUT2D eigenvalue weighted by atomic mass is 32.2. The normalized spacial score (nSPS) is 19.1. The monoisotopic (exact) mass is 721 g/mol. The number of nitrogens with zero attached hydrogens (tertiary/aromatic N) is 3. The van der Waals surface area contributed by atoms with Gasteiger partial charge in [0.05, 0.1) is 27.8 Å². The molecule has 1 aliphatic carbocycles. The van der Waals surface area contributed by atoms with Crippen LogP contribution in [-0.2, 0) is 5.41 Å². The smallest absolute Gasteiger partial charge is 0.255 e. The van der Waals surface area contributed by atoms with Gasteiger partial charge in [0.15, 0.2) is 0 Å². The predicted molar refractivity (Wildman–Crippen MR) is 229 cm³/mol. The topological polar surface area (TPSA) is 20.6 Å². The molecule has 0 bridgehead atoms. The van der Waals surface area contributed by atoms with Crippen molar-refractivity contribution in [2.45, 2.75) is 28.2 Å². The van der Waals surface area contributed by atoms with Crippen LogP contribution in [0.3, 0.4) is 0 Å². The molecule has 0 radical (unpaired) electrons. The molecular weight excluding hydrogens is 689 g/mol. The number of fused-ring (bicyclic) bond motifs is 8. The van der Waals surface area contributed by atoms with Gasteiger partial charge in [0.2, 0.25) is 0 Å². The summed E-state index contributed by atoms with van der Waals surface area (Å²) in [6.45, 7) is 2.39. The van der Waals surface area contributed by atoms with E-state index in [1.165, 1.54) is 76.3 Å². The van der Waals surface area contributed by atoms with Crippen molar-refractivity contribution in [1.29, 1.82) is 0 Å². The van der Waals surface area contributed by atoms with Crippen LogP contribution in [0.1, 0.15) is 12.5 Å². The number of allylic oxidation sites excluding steroid dienone is 2. The average Bonchev–Trinajstić information content (AvgIpc) is 3.73. The first-order valence-corrected chi connectivity index (χ1v) is 19.9. The summed E-state index contributed by atoms with van der Waals surface area (Å²) in [5.74, 6) is 0.982. The van der Waals surface area contributed by atoms with Gasteiger partial charge in [-0.1, -0.05) is 109 Å². The molecule has 7 aromatic carbocycles. The number of anilines is 6. The van der Waals surface area contributed by atoms with Crippen LogP contribution in [0.15, 0.2) is 180 Å². The Morgan fingerprint density at radius 1 is 0.600 bits per heavy atom. The Hall–Kier alpha value is -6.37. The zero-order chi connectivity index (χ0) is 36.0. The SMILES string of the molecule is CC12C=CC=CC1Oc1cc3c4c(c12)N(c1ccccc1)c1cccc2c1B4c1c(cc4c(c1N2c1ccccc1)c1ccccc1n4-c1ccccc1)S3. The van der Waals surface area contributed by atoms with E-state index in [0.717, 1.165) is 22.8 Å². The van der Waals surface area contributed by atoms with Gasteiger partial charge in [-0.3, -0.25) is 0 Å². The second kappa shape index (κ2) is 10.6. The molecule has 0 fully saturated rings. The Morgan fingerprint density at radius 3 is 1.95 bits per heavy atom. The highest BCUT2D eigenvalue weighted by Crippen LogP contribution is 2.58. The first kappa shape index (κ1) is 30.0. The van der Waals surface area contributed by atoms with Crippen molar-refractivity contribution in [3.05, 3.63) is 175 Å². The molecule has 0 saturated heterocycles. The molecule has 2 unspecified atom stereocenters. The number of ether oxygens (including phenoxy) is 1. The van der Waals surface area contributed by atoms with E-state index < -0.39 is 0 Å². The Morgan fingerprint density at radius 2 is 1.22 bits per heavy atom. The third-order valence-electron chi connectivity index (χ3n) is 12.5. The van der Waals surface area contributed by atoms with E-state index in [0.29, 0.717) is 0 Å². The summed E-state index contributed by atoms with van der Waals surface area (Å²) >= 11 is 1.91. The van der Waals surface area contributed by atoms with Gasteiger partial charge in [-0.2, -0.15) is 0 Å². The lowest BCUT2D eigenvalue weighted by Crippen LogP contribution is -2.64. The van der Waals surface area contributed by atoms with Gasteiger partial charge in [0, 0.05) is 54.6 Å². The van der Waals surface area contributed by atoms with Gasteiger partial charge in [0.1, 0.15) is 11.9 Å². The van der Waals surface area contributed by atoms with E-state index in [-0.39, 0.29) is 18.2 Å². The summed E-state index contributed by atoms with van der Waals surface area (Å²) in [7, 11) is 0. The van der Waals surface area contributed by atoms with Crippen LogP contribution in [-0.4, -0.2) is 17.4 Å². The molecule has 5 aliphatic rings. The molecule has 8 aromatic rings. The molecule has 4 nitrogen and oxygen atoms in total. The van der Waals surface area contributed by atoms with Crippen molar-refractivity contribution in [1.82, 2.24) is 4.57 Å². The van der Waals surface area contributed by atoms with Crippen molar-refractivity contribution in [2.75, 3.05) is 9.80 Å². The third-order valence-corrected chi connectivity index (χ3v) is 13.7. The minimum absolute atomic E-state index is 0.0293. The quantitative estimate of drug-likeness (QED) is 0.169. The number of aromatic nitrogens is 1. The molecule has 13 rings (SSSR count). The van der Waals surface area contributed by atoms with Crippen LogP contribution < -0.4 is 30.9 Å². The Kier molecular flexibility index (Phi) is 5.81. The molecule has 6 heteroatoms. The Bertz CT molecular complexity index is 3030. The molecule has 0 spiro atoms. The van der Waals surface area contributed by atoms with Crippen LogP contribution >= 0.6 is 11.8 Å². The molecule has 258 valence electrons. The fraction of sp³-hybridized carbons (Fsp3) is 0.0612. The van der Waals surface area contributed by atoms with Crippen molar-refractivity contribution < 1.29 is 4.74 Å². The number of hydrogen-bond acceptors (Lipinski definition) is 4. The van der Waals surface area contributed by atoms with Crippen LogP contribution in [0.4, 0.5) is 34.1 Å². The number of hydrogen-bond donors (Lipinski definition) is 0. The lowest BCUT2D eigenvalue weighted by molar-refractivity contribution is 0.228. The highest BCUT2D eigenvalue weighted by molar-refractivity contribution is 8.00. The summed E-state index contributed by atoms with van der Waals surface area (Å²) in [4.78, 5) is 7.68. The fourth-order valence-electron chi connectivity index (χ4n) is 10.3. The van der Waals surface area contributed by atoms with Crippen molar-refractivity contribution in [3.63, 3.8) is 0 Å². The van der Waals surface area contributed by atoms with Gasteiger partial charge in [-0.15, -0.1) is 0 Å². The zero-order valence-corrected chi connectivity index (χ0v) is 30.8. The van der Waals surface area contributed by atoms with Crippen molar-refractivity contribution in [2.24, 2.45) is 0 Å². The molecule has 5 heterocycles. The van der Waals surface area contributed by atoms with E-state index in [1.807, 2.05) is 11.8 Å². The summed E-state index contributed by atoms with van der Waals surface area (Å²) < 4.78 is 9.41. The third kappa shape index (κ3) is 3.75. The highest BCUT2D eigenvalue weighted by Gasteiger charge is 2.54. The molecule has 0 amide bonds. The number of benzene rings is 7. The van der Waals surface area contributed by atoms with Crippen LogP contribution in [0.5, 0.6) is 5.75 Å². The second-order valence-electron chi connectivity index (χ2n) is 15.4. The van der Waals surface area contributed by atoms with E-state index in [2.05, 4.69) is 191 Å². The van der Waals surface area contributed by atoms with E-state index in [1.54, 1.807) is 0 Å². The largest absolute Gasteiger partial charge is 0.485 e. The molecule has 0 N–H and O–H groups in total. The Labute approximate surface area is 323 Å². The lowest BCUT2D eigenvalue weighted by atomic mass is 9.33. The maximum absolute atomic E-state index is 6.95. The van der Waals surface area contributed by atoms with Gasteiger partial charge in [-0.25, -0.2) is 0 Å². The van der Waals surface area contributed by atoms with E-state index >= 15 is 0 Å². The molecule has 2 atom stereocenters. The summed E-state index contributed by atoms with van der Waals surface area (Å²) in [6.07, 6.45) is 8.85. The van der Waals surface area contributed by atoms with Gasteiger partial charge < -0.3 is 19.1 Å². The predicted octanol–water partition coefficient (Wildman–Crippen LogP) is 10.5. The second-order valence-corrected chi connectivity index (χ2v) is 16.5. The number of para-hydroxylation sites is 4. The maximum atomic E-state index is 6.95. The van der Waals surface area contributed by atoms with Gasteiger partial charge >= 0.3 is 0 Å². The standard InChI is InChI=1S/C49H32BN3OS/c1-49-27-14-13-26-41(49)54-38-29-40-46-48(43(38)49)53(32-20-9-4-10-21-32)36-25-15-24-35-44(36)50(46)45-39(55-40)28-37-42(47(45)52(35)31-18-7-3-8-19-31)33-22-11-12-23-34(33)51(37)30-16-5-2-6-17-30/h2-29,41H,1H3. The number of rotatable bonds is 3. The van der Waals surface area contributed by atoms with Crippen LogP contribution in [0.2, 0.25) is 0 Å².